The molecule has 8 heteroatoms. The summed E-state index contributed by atoms with van der Waals surface area (Å²) in [6, 6.07) is 7.91. The number of aromatic nitrogens is 4. The van der Waals surface area contributed by atoms with Crippen LogP contribution in [0.1, 0.15) is 28.8 Å². The molecule has 0 unspecified atom stereocenters. The van der Waals surface area contributed by atoms with Crippen LogP contribution in [0, 0.1) is 6.92 Å². The Morgan fingerprint density at radius 2 is 1.96 bits per heavy atom. The van der Waals surface area contributed by atoms with Crippen molar-refractivity contribution in [2.45, 2.75) is 13.8 Å². The largest absolute Gasteiger partial charge is 0.461 e. The molecule has 2 aromatic heterocycles. The lowest BCUT2D eigenvalue weighted by molar-refractivity contribution is 0.0517. The molecule has 7 nitrogen and oxygen atoms in total. The van der Waals surface area contributed by atoms with E-state index in [0.717, 1.165) is 21.3 Å². The lowest BCUT2D eigenvalue weighted by Crippen LogP contribution is -2.14. The van der Waals surface area contributed by atoms with E-state index in [9.17, 15) is 4.79 Å². The molecule has 2 heterocycles. The van der Waals surface area contributed by atoms with Gasteiger partial charge in [-0.2, -0.15) is 5.10 Å². The summed E-state index contributed by atoms with van der Waals surface area (Å²) >= 11 is 3.45. The van der Waals surface area contributed by atoms with Crippen molar-refractivity contribution in [1.29, 1.82) is 0 Å². The highest BCUT2D eigenvalue weighted by atomic mass is 79.9. The number of aryl methyl sites for hydroxylation is 1. The second kappa shape index (κ2) is 7.87. The smallest absolute Gasteiger partial charge is 0.361 e. The third-order valence-electron chi connectivity index (χ3n) is 3.88. The van der Waals surface area contributed by atoms with E-state index in [-0.39, 0.29) is 12.3 Å². The highest BCUT2D eigenvalue weighted by Crippen LogP contribution is 2.29. The molecule has 0 spiro atoms. The molecule has 3 aromatic rings. The van der Waals surface area contributed by atoms with Gasteiger partial charge in [0.15, 0.2) is 11.3 Å². The van der Waals surface area contributed by atoms with Crippen LogP contribution in [0.15, 0.2) is 34.9 Å². The topological polar surface area (TPSA) is 72.6 Å². The molecular formula is C19H20BrN5O2. The number of ether oxygens (including phenoxy) is 1. The molecule has 0 bridgehead atoms. The highest BCUT2D eigenvalue weighted by molar-refractivity contribution is 9.10. The van der Waals surface area contributed by atoms with E-state index in [1.165, 1.54) is 0 Å². The van der Waals surface area contributed by atoms with Gasteiger partial charge >= 0.3 is 5.97 Å². The van der Waals surface area contributed by atoms with Crippen LogP contribution < -0.4 is 0 Å². The van der Waals surface area contributed by atoms with E-state index in [4.69, 9.17) is 4.74 Å². The van der Waals surface area contributed by atoms with E-state index in [1.54, 1.807) is 17.5 Å². The molecule has 0 saturated carbocycles. The summed E-state index contributed by atoms with van der Waals surface area (Å²) in [5.41, 5.74) is 3.90. The van der Waals surface area contributed by atoms with Crippen molar-refractivity contribution in [3.63, 3.8) is 0 Å². The fourth-order valence-corrected chi connectivity index (χ4v) is 2.96. The van der Waals surface area contributed by atoms with E-state index >= 15 is 0 Å². The maximum Gasteiger partial charge on any atom is 0.361 e. The molecule has 0 saturated heterocycles. The second-order valence-electron chi connectivity index (χ2n) is 6.14. The summed E-state index contributed by atoms with van der Waals surface area (Å²) in [6.07, 6.45) is 3.61. The SMILES string of the molecule is CCOC(=O)c1nnc2c(-c3ccc(Br)cc3)c(C)nn2c1C=CN(C)C. The first kappa shape index (κ1) is 19.0. The van der Waals surface area contributed by atoms with Gasteiger partial charge in [-0.05, 0) is 37.6 Å². The van der Waals surface area contributed by atoms with Crippen LogP contribution in [-0.2, 0) is 4.74 Å². The van der Waals surface area contributed by atoms with Crippen LogP contribution in [0.3, 0.4) is 0 Å². The van der Waals surface area contributed by atoms with Gasteiger partial charge < -0.3 is 9.64 Å². The Labute approximate surface area is 165 Å². The Kier molecular flexibility index (Phi) is 5.55. The van der Waals surface area contributed by atoms with Gasteiger partial charge in [-0.3, -0.25) is 0 Å². The Bertz CT molecular complexity index is 1010. The van der Waals surface area contributed by atoms with Gasteiger partial charge in [-0.25, -0.2) is 9.31 Å². The average Bonchev–Trinajstić information content (AvgIpc) is 2.96. The molecule has 0 radical (unpaired) electrons. The molecule has 0 aliphatic rings. The molecule has 0 fully saturated rings. The summed E-state index contributed by atoms with van der Waals surface area (Å²) in [5, 5.41) is 13.1. The predicted molar refractivity (Wildman–Crippen MR) is 107 cm³/mol. The van der Waals surface area contributed by atoms with Crippen molar-refractivity contribution in [1.82, 2.24) is 24.7 Å². The zero-order chi connectivity index (χ0) is 19.6. The van der Waals surface area contributed by atoms with Gasteiger partial charge in [0.1, 0.15) is 5.69 Å². The molecule has 140 valence electrons. The Balaban J connectivity index is 2.25. The maximum atomic E-state index is 12.3. The number of hydrogen-bond donors (Lipinski definition) is 0. The number of fused-ring (bicyclic) bond motifs is 1. The standard InChI is InChI=1S/C19H20BrN5O2/c1-5-27-19(26)17-15(10-11-24(3)4)25-18(22-21-17)16(12(2)23-25)13-6-8-14(20)9-7-13/h6-11H,5H2,1-4H3. The zero-order valence-corrected chi connectivity index (χ0v) is 17.2. The number of halogens is 1. The first-order valence-electron chi connectivity index (χ1n) is 8.46. The molecule has 27 heavy (non-hydrogen) atoms. The van der Waals surface area contributed by atoms with Crippen molar-refractivity contribution in [2.24, 2.45) is 0 Å². The van der Waals surface area contributed by atoms with Crippen LogP contribution in [-0.4, -0.2) is 51.4 Å². The second-order valence-corrected chi connectivity index (χ2v) is 7.05. The minimum Gasteiger partial charge on any atom is -0.461 e. The van der Waals surface area contributed by atoms with Crippen molar-refractivity contribution in [3.05, 3.63) is 52.0 Å². The number of hydrogen-bond acceptors (Lipinski definition) is 6. The monoisotopic (exact) mass is 429 g/mol. The number of carbonyl (C=O) groups excluding carboxylic acids is 1. The number of carbonyl (C=O) groups is 1. The molecule has 0 amide bonds. The first-order chi connectivity index (χ1) is 12.9. The Morgan fingerprint density at radius 1 is 1.26 bits per heavy atom. The number of rotatable bonds is 5. The summed E-state index contributed by atoms with van der Waals surface area (Å²) < 4.78 is 7.76. The molecule has 0 N–H and O–H groups in total. The zero-order valence-electron chi connectivity index (χ0n) is 15.6. The lowest BCUT2D eigenvalue weighted by atomic mass is 10.1. The van der Waals surface area contributed by atoms with Crippen LogP contribution in [0.4, 0.5) is 0 Å². The summed E-state index contributed by atoms with van der Waals surface area (Å²) in [5.74, 6) is -0.524. The van der Waals surface area contributed by atoms with Gasteiger partial charge in [-0.15, -0.1) is 10.2 Å². The van der Waals surface area contributed by atoms with E-state index < -0.39 is 5.97 Å². The minimum atomic E-state index is -0.524. The number of nitrogens with zero attached hydrogens (tertiary/aromatic N) is 5. The molecule has 1 aromatic carbocycles. The van der Waals surface area contributed by atoms with Gasteiger partial charge in [0.2, 0.25) is 0 Å². The van der Waals surface area contributed by atoms with Crippen LogP contribution in [0.25, 0.3) is 22.9 Å². The van der Waals surface area contributed by atoms with Gasteiger partial charge in [0.25, 0.3) is 0 Å². The fraction of sp³-hybridized carbons (Fsp3) is 0.263. The summed E-state index contributed by atoms with van der Waals surface area (Å²) in [7, 11) is 3.79. The van der Waals surface area contributed by atoms with Gasteiger partial charge in [0.05, 0.1) is 17.9 Å². The predicted octanol–water partition coefficient (Wildman–Crippen LogP) is 3.57. The van der Waals surface area contributed by atoms with Crippen molar-refractivity contribution in [2.75, 3.05) is 20.7 Å². The summed E-state index contributed by atoms with van der Waals surface area (Å²) in [6.45, 7) is 3.93. The average molecular weight is 430 g/mol. The summed E-state index contributed by atoms with van der Waals surface area (Å²) in [4.78, 5) is 14.2. The van der Waals surface area contributed by atoms with E-state index in [1.807, 2.05) is 56.4 Å². The quantitative estimate of drug-likeness (QED) is 0.577. The van der Waals surface area contributed by atoms with Crippen molar-refractivity contribution >= 4 is 33.6 Å². The van der Waals surface area contributed by atoms with Crippen molar-refractivity contribution in [3.8, 4) is 11.1 Å². The van der Waals surface area contributed by atoms with Crippen LogP contribution >= 0.6 is 15.9 Å². The number of benzene rings is 1. The first-order valence-corrected chi connectivity index (χ1v) is 9.25. The molecule has 0 atom stereocenters. The molecule has 3 rings (SSSR count). The fourth-order valence-electron chi connectivity index (χ4n) is 2.69. The van der Waals surface area contributed by atoms with E-state index in [0.29, 0.717) is 11.3 Å². The molecule has 0 aliphatic carbocycles. The van der Waals surface area contributed by atoms with Gasteiger partial charge in [0, 0.05) is 24.8 Å². The van der Waals surface area contributed by atoms with Crippen molar-refractivity contribution < 1.29 is 9.53 Å². The molecule has 0 aliphatic heterocycles. The Morgan fingerprint density at radius 3 is 2.59 bits per heavy atom. The lowest BCUT2D eigenvalue weighted by Gasteiger charge is -2.08. The minimum absolute atomic E-state index is 0.132. The maximum absolute atomic E-state index is 12.3. The Hall–Kier alpha value is -2.74. The highest BCUT2D eigenvalue weighted by Gasteiger charge is 2.22. The normalized spacial score (nSPS) is 11.3. The third kappa shape index (κ3) is 3.85. The molecular weight excluding hydrogens is 410 g/mol. The van der Waals surface area contributed by atoms with Gasteiger partial charge in [-0.1, -0.05) is 28.1 Å². The van der Waals surface area contributed by atoms with Crippen LogP contribution in [0.5, 0.6) is 0 Å². The number of esters is 1. The van der Waals surface area contributed by atoms with Crippen LogP contribution in [0.2, 0.25) is 0 Å². The third-order valence-corrected chi connectivity index (χ3v) is 4.41. The van der Waals surface area contributed by atoms with E-state index in [2.05, 4.69) is 31.2 Å².